The lowest BCUT2D eigenvalue weighted by Crippen LogP contribution is -2.30. The van der Waals surface area contributed by atoms with Crippen LogP contribution >= 0.6 is 0 Å². The van der Waals surface area contributed by atoms with Gasteiger partial charge in [-0.05, 0) is 49.9 Å². The van der Waals surface area contributed by atoms with E-state index in [1.807, 2.05) is 24.3 Å². The number of hydrogen-bond acceptors (Lipinski definition) is 3. The number of ether oxygens (including phenoxy) is 1. The van der Waals surface area contributed by atoms with Crippen LogP contribution < -0.4 is 10.5 Å². The van der Waals surface area contributed by atoms with Gasteiger partial charge < -0.3 is 15.4 Å². The lowest BCUT2D eigenvalue weighted by atomic mass is 9.85. The maximum absolute atomic E-state index is 5.73. The zero-order valence-corrected chi connectivity index (χ0v) is 12.0. The van der Waals surface area contributed by atoms with Crippen molar-refractivity contribution in [1.82, 2.24) is 4.90 Å². The summed E-state index contributed by atoms with van der Waals surface area (Å²) < 4.78 is 5.73. The van der Waals surface area contributed by atoms with Crippen molar-refractivity contribution in [1.29, 1.82) is 0 Å². The fourth-order valence-corrected chi connectivity index (χ4v) is 2.45. The summed E-state index contributed by atoms with van der Waals surface area (Å²) >= 11 is 0. The Hall–Kier alpha value is -1.06. The van der Waals surface area contributed by atoms with Crippen molar-refractivity contribution in [3.63, 3.8) is 0 Å². The number of rotatable bonds is 8. The van der Waals surface area contributed by atoms with Crippen LogP contribution in [-0.2, 0) is 6.54 Å². The van der Waals surface area contributed by atoms with Crippen LogP contribution in [0.2, 0.25) is 0 Å². The van der Waals surface area contributed by atoms with Crippen LogP contribution in [0.3, 0.4) is 0 Å². The molecular formula is C16H26N2O. The molecule has 1 saturated carbocycles. The highest BCUT2D eigenvalue weighted by Crippen LogP contribution is 2.26. The van der Waals surface area contributed by atoms with Gasteiger partial charge in [0, 0.05) is 19.6 Å². The second kappa shape index (κ2) is 7.51. The van der Waals surface area contributed by atoms with E-state index >= 15 is 0 Å². The van der Waals surface area contributed by atoms with Crippen molar-refractivity contribution in [3.05, 3.63) is 29.8 Å². The number of nitrogens with two attached hydrogens (primary N) is 1. The molecule has 0 unspecified atom stereocenters. The van der Waals surface area contributed by atoms with Gasteiger partial charge in [0.1, 0.15) is 5.75 Å². The average molecular weight is 262 g/mol. The van der Waals surface area contributed by atoms with Crippen molar-refractivity contribution in [2.24, 2.45) is 11.7 Å². The molecule has 0 atom stereocenters. The van der Waals surface area contributed by atoms with Gasteiger partial charge in [-0.1, -0.05) is 18.6 Å². The van der Waals surface area contributed by atoms with Crippen molar-refractivity contribution in [2.75, 3.05) is 26.7 Å². The van der Waals surface area contributed by atoms with Gasteiger partial charge in [0.25, 0.3) is 0 Å². The van der Waals surface area contributed by atoms with Crippen LogP contribution in [0.5, 0.6) is 5.75 Å². The Morgan fingerprint density at radius 3 is 2.58 bits per heavy atom. The van der Waals surface area contributed by atoms with Gasteiger partial charge in [0.2, 0.25) is 0 Å². The molecule has 0 bridgehead atoms. The van der Waals surface area contributed by atoms with Crippen LogP contribution in [0.25, 0.3) is 0 Å². The largest absolute Gasteiger partial charge is 0.494 e. The predicted molar refractivity (Wildman–Crippen MR) is 79.3 cm³/mol. The first-order chi connectivity index (χ1) is 9.28. The van der Waals surface area contributed by atoms with Gasteiger partial charge >= 0.3 is 0 Å². The molecule has 1 aromatic carbocycles. The third-order valence-corrected chi connectivity index (χ3v) is 3.91. The molecule has 1 aliphatic rings. The van der Waals surface area contributed by atoms with E-state index in [0.29, 0.717) is 6.54 Å². The number of nitrogens with zero attached hydrogens (tertiary/aromatic N) is 1. The van der Waals surface area contributed by atoms with Crippen LogP contribution in [0.1, 0.15) is 31.2 Å². The van der Waals surface area contributed by atoms with Crippen molar-refractivity contribution < 1.29 is 4.74 Å². The normalized spacial score (nSPS) is 15.5. The molecule has 19 heavy (non-hydrogen) atoms. The number of hydrogen-bond donors (Lipinski definition) is 1. The van der Waals surface area contributed by atoms with Crippen molar-refractivity contribution in [2.45, 2.75) is 32.2 Å². The molecule has 0 aromatic heterocycles. The summed E-state index contributed by atoms with van der Waals surface area (Å²) in [5.74, 6) is 1.90. The quantitative estimate of drug-likeness (QED) is 0.732. The molecule has 106 valence electrons. The van der Waals surface area contributed by atoms with Gasteiger partial charge in [-0.25, -0.2) is 0 Å². The molecule has 2 N–H and O–H groups in total. The van der Waals surface area contributed by atoms with Crippen molar-refractivity contribution in [3.8, 4) is 5.75 Å². The molecular weight excluding hydrogens is 236 g/mol. The lowest BCUT2D eigenvalue weighted by Gasteiger charge is -2.30. The lowest BCUT2D eigenvalue weighted by molar-refractivity contribution is 0.192. The average Bonchev–Trinajstić information content (AvgIpc) is 2.40. The van der Waals surface area contributed by atoms with E-state index in [1.54, 1.807) is 0 Å². The van der Waals surface area contributed by atoms with Gasteiger partial charge in [-0.15, -0.1) is 0 Å². The topological polar surface area (TPSA) is 38.5 Å². The van der Waals surface area contributed by atoms with Crippen LogP contribution in [0.15, 0.2) is 24.3 Å². The fraction of sp³-hybridized carbons (Fsp3) is 0.625. The first-order valence-electron chi connectivity index (χ1n) is 7.38. The van der Waals surface area contributed by atoms with Gasteiger partial charge in [-0.2, -0.15) is 0 Å². The molecule has 1 aliphatic carbocycles. The molecule has 3 nitrogen and oxygen atoms in total. The highest BCUT2D eigenvalue weighted by atomic mass is 16.5. The molecule has 2 rings (SSSR count). The zero-order chi connectivity index (χ0) is 13.5. The molecule has 0 amide bonds. The molecule has 0 saturated heterocycles. The molecule has 0 aliphatic heterocycles. The first kappa shape index (κ1) is 14.4. The van der Waals surface area contributed by atoms with Crippen LogP contribution in [-0.4, -0.2) is 31.6 Å². The SMILES string of the molecule is CN(CCCOc1ccc(CN)cc1)CC1CCC1. The van der Waals surface area contributed by atoms with Gasteiger partial charge in [-0.3, -0.25) is 0 Å². The highest BCUT2D eigenvalue weighted by molar-refractivity contribution is 5.26. The highest BCUT2D eigenvalue weighted by Gasteiger charge is 2.18. The van der Waals surface area contributed by atoms with E-state index in [4.69, 9.17) is 10.5 Å². The summed E-state index contributed by atoms with van der Waals surface area (Å²) in [6.45, 7) is 3.76. The third-order valence-electron chi connectivity index (χ3n) is 3.91. The monoisotopic (exact) mass is 262 g/mol. The molecule has 1 aromatic rings. The van der Waals surface area contributed by atoms with E-state index in [-0.39, 0.29) is 0 Å². The standard InChI is InChI=1S/C16H26N2O/c1-18(13-15-4-2-5-15)10-3-11-19-16-8-6-14(12-17)7-9-16/h6-9,15H,2-5,10-13,17H2,1H3. The summed E-state index contributed by atoms with van der Waals surface area (Å²) in [5.41, 5.74) is 6.71. The minimum Gasteiger partial charge on any atom is -0.494 e. The minimum atomic E-state index is 0.590. The smallest absolute Gasteiger partial charge is 0.119 e. The summed E-state index contributed by atoms with van der Waals surface area (Å²) in [4.78, 5) is 2.44. The fourth-order valence-electron chi connectivity index (χ4n) is 2.45. The number of benzene rings is 1. The first-order valence-corrected chi connectivity index (χ1v) is 7.38. The molecule has 0 heterocycles. The Kier molecular flexibility index (Phi) is 5.67. The predicted octanol–water partition coefficient (Wildman–Crippen LogP) is 2.65. The van der Waals surface area contributed by atoms with Crippen molar-refractivity contribution >= 4 is 0 Å². The van der Waals surface area contributed by atoms with E-state index in [1.165, 1.54) is 25.8 Å². The minimum absolute atomic E-state index is 0.590. The maximum atomic E-state index is 5.73. The molecule has 0 spiro atoms. The summed E-state index contributed by atoms with van der Waals surface area (Å²) in [6, 6.07) is 8.05. The van der Waals surface area contributed by atoms with Gasteiger partial charge in [0.15, 0.2) is 0 Å². The Morgan fingerprint density at radius 1 is 1.26 bits per heavy atom. The molecule has 0 radical (unpaired) electrons. The second-order valence-corrected chi connectivity index (χ2v) is 5.61. The Morgan fingerprint density at radius 2 is 2.00 bits per heavy atom. The van der Waals surface area contributed by atoms with E-state index in [2.05, 4.69) is 11.9 Å². The second-order valence-electron chi connectivity index (χ2n) is 5.61. The molecule has 3 heteroatoms. The Labute approximate surface area is 116 Å². The Bertz CT molecular complexity index is 360. The Balaban J connectivity index is 1.57. The maximum Gasteiger partial charge on any atom is 0.119 e. The van der Waals surface area contributed by atoms with Gasteiger partial charge in [0.05, 0.1) is 6.61 Å². The zero-order valence-electron chi connectivity index (χ0n) is 12.0. The third kappa shape index (κ3) is 4.84. The summed E-state index contributed by atoms with van der Waals surface area (Å²) in [5, 5.41) is 0. The van der Waals surface area contributed by atoms with E-state index in [0.717, 1.165) is 36.8 Å². The van der Waals surface area contributed by atoms with Crippen LogP contribution in [0, 0.1) is 5.92 Å². The molecule has 1 fully saturated rings. The summed E-state index contributed by atoms with van der Waals surface area (Å²) in [7, 11) is 2.22. The van der Waals surface area contributed by atoms with E-state index in [9.17, 15) is 0 Å². The summed E-state index contributed by atoms with van der Waals surface area (Å²) in [6.07, 6.45) is 5.37. The van der Waals surface area contributed by atoms with E-state index < -0.39 is 0 Å². The van der Waals surface area contributed by atoms with Crippen LogP contribution in [0.4, 0.5) is 0 Å².